The summed E-state index contributed by atoms with van der Waals surface area (Å²) in [4.78, 5) is 14.5. The van der Waals surface area contributed by atoms with Gasteiger partial charge in [0, 0.05) is 31.1 Å². The van der Waals surface area contributed by atoms with Crippen LogP contribution >= 0.6 is 11.6 Å². The van der Waals surface area contributed by atoms with Crippen LogP contribution < -0.4 is 10.1 Å². The zero-order valence-electron chi connectivity index (χ0n) is 15.1. The summed E-state index contributed by atoms with van der Waals surface area (Å²) < 4.78 is 5.14. The van der Waals surface area contributed by atoms with Crippen molar-refractivity contribution in [2.24, 2.45) is 0 Å². The Bertz CT molecular complexity index is 733. The van der Waals surface area contributed by atoms with Gasteiger partial charge < -0.3 is 15.0 Å². The topological polar surface area (TPSA) is 41.6 Å². The van der Waals surface area contributed by atoms with E-state index in [9.17, 15) is 4.79 Å². The molecule has 0 aromatic heterocycles. The molecule has 0 saturated carbocycles. The number of nitrogens with one attached hydrogen (secondary N) is 1. The number of likely N-dealkylation sites (tertiary alicyclic amines) is 1. The van der Waals surface area contributed by atoms with Crippen LogP contribution in [0.1, 0.15) is 29.9 Å². The minimum atomic E-state index is 0.0852. The first-order valence-corrected chi connectivity index (χ1v) is 9.40. The second-order valence-electron chi connectivity index (χ2n) is 6.68. The number of carbonyl (C=O) groups excluding carboxylic acids is 1. The Kier molecular flexibility index (Phi) is 6.53. The monoisotopic (exact) mass is 372 g/mol. The number of methoxy groups -OCH3 is 1. The molecule has 0 unspecified atom stereocenters. The SMILES string of the molecule is COc1ccc(CNC(=O)CCN2CC[C@@H](c3ccccc3Cl)C2)cc1. The van der Waals surface area contributed by atoms with Gasteiger partial charge >= 0.3 is 0 Å². The maximum absolute atomic E-state index is 12.1. The molecule has 1 aliphatic heterocycles. The molecule has 1 aliphatic rings. The predicted molar refractivity (Wildman–Crippen MR) is 105 cm³/mol. The van der Waals surface area contributed by atoms with Crippen LogP contribution in [0.4, 0.5) is 0 Å². The van der Waals surface area contributed by atoms with Crippen molar-refractivity contribution in [1.29, 1.82) is 0 Å². The summed E-state index contributed by atoms with van der Waals surface area (Å²) in [5.41, 5.74) is 2.29. The normalized spacial score (nSPS) is 17.2. The minimum Gasteiger partial charge on any atom is -0.497 e. The number of rotatable bonds is 7. The van der Waals surface area contributed by atoms with Crippen LogP contribution in [0.2, 0.25) is 5.02 Å². The molecule has 26 heavy (non-hydrogen) atoms. The zero-order chi connectivity index (χ0) is 18.4. The molecule has 1 atom stereocenters. The zero-order valence-corrected chi connectivity index (χ0v) is 15.8. The van der Waals surface area contributed by atoms with Gasteiger partial charge in [0.05, 0.1) is 7.11 Å². The standard InChI is InChI=1S/C21H25ClN2O2/c1-26-18-8-6-16(7-9-18)14-23-21(25)11-13-24-12-10-17(15-24)19-4-2-3-5-20(19)22/h2-9,17H,10-15H2,1H3,(H,23,25)/t17-/m1/s1. The molecule has 0 radical (unpaired) electrons. The molecule has 0 bridgehead atoms. The van der Waals surface area contributed by atoms with E-state index in [0.29, 0.717) is 18.9 Å². The van der Waals surface area contributed by atoms with Crippen molar-refractivity contribution in [2.45, 2.75) is 25.3 Å². The second kappa shape index (κ2) is 9.06. The third kappa shape index (κ3) is 4.99. The first-order valence-electron chi connectivity index (χ1n) is 9.02. The van der Waals surface area contributed by atoms with Crippen LogP contribution in [0.15, 0.2) is 48.5 Å². The quantitative estimate of drug-likeness (QED) is 0.802. The third-order valence-electron chi connectivity index (χ3n) is 4.92. The fourth-order valence-corrected chi connectivity index (χ4v) is 3.68. The molecule has 1 saturated heterocycles. The molecule has 0 spiro atoms. The fraction of sp³-hybridized carbons (Fsp3) is 0.381. The number of ether oxygens (including phenoxy) is 1. The molecule has 3 rings (SSSR count). The summed E-state index contributed by atoms with van der Waals surface area (Å²) in [6, 6.07) is 15.8. The highest BCUT2D eigenvalue weighted by Crippen LogP contribution is 2.31. The van der Waals surface area contributed by atoms with Crippen LogP contribution in [0.25, 0.3) is 0 Å². The number of carbonyl (C=O) groups is 1. The molecule has 138 valence electrons. The van der Waals surface area contributed by atoms with Gasteiger partial charge in [-0.05, 0) is 48.2 Å². The first kappa shape index (κ1) is 18.7. The number of hydrogen-bond donors (Lipinski definition) is 1. The maximum Gasteiger partial charge on any atom is 0.221 e. The minimum absolute atomic E-state index is 0.0852. The lowest BCUT2D eigenvalue weighted by atomic mass is 9.98. The molecule has 5 heteroatoms. The summed E-state index contributed by atoms with van der Waals surface area (Å²) >= 11 is 6.31. The number of hydrogen-bond acceptors (Lipinski definition) is 3. The summed E-state index contributed by atoms with van der Waals surface area (Å²) in [5, 5.41) is 3.83. The van der Waals surface area contributed by atoms with E-state index in [0.717, 1.165) is 42.4 Å². The van der Waals surface area contributed by atoms with Crippen molar-refractivity contribution in [3.8, 4) is 5.75 Å². The Morgan fingerprint density at radius 1 is 1.23 bits per heavy atom. The fourth-order valence-electron chi connectivity index (χ4n) is 3.39. The van der Waals surface area contributed by atoms with E-state index in [1.165, 1.54) is 5.56 Å². The van der Waals surface area contributed by atoms with Gasteiger partial charge in [-0.15, -0.1) is 0 Å². The van der Waals surface area contributed by atoms with Crippen molar-refractivity contribution in [1.82, 2.24) is 10.2 Å². The Morgan fingerprint density at radius 2 is 2.00 bits per heavy atom. The van der Waals surface area contributed by atoms with Gasteiger partial charge in [-0.1, -0.05) is 41.9 Å². The van der Waals surface area contributed by atoms with Crippen molar-refractivity contribution in [3.05, 3.63) is 64.7 Å². The van der Waals surface area contributed by atoms with Crippen molar-refractivity contribution in [3.63, 3.8) is 0 Å². The highest BCUT2D eigenvalue weighted by Gasteiger charge is 2.25. The molecule has 1 fully saturated rings. The molecule has 4 nitrogen and oxygen atoms in total. The lowest BCUT2D eigenvalue weighted by molar-refractivity contribution is -0.121. The Hall–Kier alpha value is -2.04. The molecular weight excluding hydrogens is 348 g/mol. The lowest BCUT2D eigenvalue weighted by Crippen LogP contribution is -2.29. The first-order chi connectivity index (χ1) is 12.7. The third-order valence-corrected chi connectivity index (χ3v) is 5.27. The summed E-state index contributed by atoms with van der Waals surface area (Å²) in [5.74, 6) is 1.37. The van der Waals surface area contributed by atoms with E-state index in [-0.39, 0.29) is 5.91 Å². The van der Waals surface area contributed by atoms with Crippen LogP contribution in [-0.2, 0) is 11.3 Å². The van der Waals surface area contributed by atoms with Crippen LogP contribution in [0.5, 0.6) is 5.75 Å². The average molecular weight is 373 g/mol. The van der Waals surface area contributed by atoms with Gasteiger partial charge in [-0.3, -0.25) is 4.79 Å². The summed E-state index contributed by atoms with van der Waals surface area (Å²) in [6.45, 7) is 3.32. The van der Waals surface area contributed by atoms with Crippen molar-refractivity contribution >= 4 is 17.5 Å². The van der Waals surface area contributed by atoms with Gasteiger partial charge in [0.25, 0.3) is 0 Å². The molecule has 2 aromatic rings. The number of nitrogens with zero attached hydrogens (tertiary/aromatic N) is 1. The van der Waals surface area contributed by atoms with Crippen LogP contribution in [0.3, 0.4) is 0 Å². The maximum atomic E-state index is 12.1. The van der Waals surface area contributed by atoms with Gasteiger partial charge in [0.15, 0.2) is 0 Å². The van der Waals surface area contributed by atoms with Crippen LogP contribution in [-0.4, -0.2) is 37.6 Å². The Labute approximate surface area is 160 Å². The Balaban J connectivity index is 1.40. The van der Waals surface area contributed by atoms with Gasteiger partial charge in [0.1, 0.15) is 5.75 Å². The van der Waals surface area contributed by atoms with E-state index >= 15 is 0 Å². The molecule has 1 N–H and O–H groups in total. The lowest BCUT2D eigenvalue weighted by Gasteiger charge is -2.16. The number of benzene rings is 2. The summed E-state index contributed by atoms with van der Waals surface area (Å²) in [7, 11) is 1.64. The largest absolute Gasteiger partial charge is 0.497 e. The van der Waals surface area contributed by atoms with E-state index in [1.807, 2.05) is 42.5 Å². The smallest absolute Gasteiger partial charge is 0.221 e. The summed E-state index contributed by atoms with van der Waals surface area (Å²) in [6.07, 6.45) is 1.61. The molecule has 1 heterocycles. The number of amides is 1. The average Bonchev–Trinajstić information content (AvgIpc) is 3.14. The molecule has 0 aliphatic carbocycles. The number of halogens is 1. The van der Waals surface area contributed by atoms with Gasteiger partial charge in [-0.25, -0.2) is 0 Å². The second-order valence-corrected chi connectivity index (χ2v) is 7.09. The van der Waals surface area contributed by atoms with E-state index in [2.05, 4.69) is 16.3 Å². The van der Waals surface area contributed by atoms with Crippen molar-refractivity contribution < 1.29 is 9.53 Å². The van der Waals surface area contributed by atoms with E-state index in [1.54, 1.807) is 7.11 Å². The van der Waals surface area contributed by atoms with Crippen molar-refractivity contribution in [2.75, 3.05) is 26.7 Å². The highest BCUT2D eigenvalue weighted by molar-refractivity contribution is 6.31. The van der Waals surface area contributed by atoms with Gasteiger partial charge in [0.2, 0.25) is 5.91 Å². The van der Waals surface area contributed by atoms with Gasteiger partial charge in [-0.2, -0.15) is 0 Å². The highest BCUT2D eigenvalue weighted by atomic mass is 35.5. The van der Waals surface area contributed by atoms with E-state index < -0.39 is 0 Å². The Morgan fingerprint density at radius 3 is 2.73 bits per heavy atom. The van der Waals surface area contributed by atoms with E-state index in [4.69, 9.17) is 16.3 Å². The predicted octanol–water partition coefficient (Wildman–Crippen LogP) is 3.84. The molecule has 1 amide bonds. The molecule has 2 aromatic carbocycles. The van der Waals surface area contributed by atoms with Crippen LogP contribution in [0, 0.1) is 0 Å². The molecular formula is C21H25ClN2O2.